The molecular weight excluding hydrogens is 430 g/mol. The highest BCUT2D eigenvalue weighted by molar-refractivity contribution is 7.80. The van der Waals surface area contributed by atoms with E-state index < -0.39 is 11.8 Å². The monoisotopic (exact) mass is 453 g/mol. The van der Waals surface area contributed by atoms with Gasteiger partial charge in [-0.15, -0.1) is 0 Å². The Morgan fingerprint density at radius 1 is 1.19 bits per heavy atom. The molecule has 1 unspecified atom stereocenters. The van der Waals surface area contributed by atoms with Gasteiger partial charge in [0.05, 0.1) is 5.69 Å². The molecule has 2 amide bonds. The predicted octanol–water partition coefficient (Wildman–Crippen LogP) is 4.89. The SMILES string of the molecule is CC1CC(C)(C)N(C)c2ccc(/C=C3\C(=O)NC(=S)N(c4cccc(Cl)c4)C3=O)cc21. The van der Waals surface area contributed by atoms with Crippen molar-refractivity contribution in [2.45, 2.75) is 38.6 Å². The van der Waals surface area contributed by atoms with Gasteiger partial charge in [-0.3, -0.25) is 19.8 Å². The smallest absolute Gasteiger partial charge is 0.270 e. The number of fused-ring (bicyclic) bond motifs is 1. The first-order valence-electron chi connectivity index (χ1n) is 10.1. The van der Waals surface area contributed by atoms with Crippen LogP contribution in [0.3, 0.4) is 0 Å². The second-order valence-corrected chi connectivity index (χ2v) is 9.56. The fourth-order valence-corrected chi connectivity index (χ4v) is 4.82. The summed E-state index contributed by atoms with van der Waals surface area (Å²) in [6.07, 6.45) is 2.65. The van der Waals surface area contributed by atoms with Crippen LogP contribution < -0.4 is 15.1 Å². The molecule has 1 N–H and O–H groups in total. The van der Waals surface area contributed by atoms with Gasteiger partial charge >= 0.3 is 0 Å². The summed E-state index contributed by atoms with van der Waals surface area (Å²) >= 11 is 11.3. The van der Waals surface area contributed by atoms with Crippen molar-refractivity contribution in [2.75, 3.05) is 16.8 Å². The molecular formula is C24H24ClN3O2S. The van der Waals surface area contributed by atoms with Gasteiger partial charge in [-0.25, -0.2) is 0 Å². The third-order valence-electron chi connectivity index (χ3n) is 6.14. The number of nitrogens with one attached hydrogen (secondary N) is 1. The van der Waals surface area contributed by atoms with Crippen molar-refractivity contribution >= 4 is 58.2 Å². The van der Waals surface area contributed by atoms with E-state index in [4.69, 9.17) is 23.8 Å². The van der Waals surface area contributed by atoms with Crippen LogP contribution in [0.15, 0.2) is 48.0 Å². The van der Waals surface area contributed by atoms with Gasteiger partial charge in [-0.2, -0.15) is 0 Å². The van der Waals surface area contributed by atoms with Crippen molar-refractivity contribution < 1.29 is 9.59 Å². The largest absolute Gasteiger partial charge is 0.369 e. The minimum Gasteiger partial charge on any atom is -0.369 e. The van der Waals surface area contributed by atoms with Crippen LogP contribution in [0.5, 0.6) is 0 Å². The number of carbonyl (C=O) groups excluding carboxylic acids is 2. The molecule has 0 aliphatic carbocycles. The molecule has 2 heterocycles. The number of benzene rings is 2. The van der Waals surface area contributed by atoms with Crippen LogP contribution in [0.2, 0.25) is 5.02 Å². The number of anilines is 2. The maximum absolute atomic E-state index is 13.2. The number of hydrogen-bond donors (Lipinski definition) is 1. The van der Waals surface area contributed by atoms with E-state index >= 15 is 0 Å². The van der Waals surface area contributed by atoms with Crippen LogP contribution in [-0.4, -0.2) is 29.5 Å². The molecule has 0 spiro atoms. The molecule has 5 nitrogen and oxygen atoms in total. The van der Waals surface area contributed by atoms with Gasteiger partial charge in [-0.1, -0.05) is 30.7 Å². The lowest BCUT2D eigenvalue weighted by Gasteiger charge is -2.45. The summed E-state index contributed by atoms with van der Waals surface area (Å²) < 4.78 is 0. The molecule has 0 saturated carbocycles. The van der Waals surface area contributed by atoms with Gasteiger partial charge in [-0.05, 0) is 85.9 Å². The molecule has 2 aromatic rings. The Kier molecular flexibility index (Phi) is 5.40. The normalized spacial score (nSPS) is 21.9. The van der Waals surface area contributed by atoms with Gasteiger partial charge in [0.2, 0.25) is 0 Å². The summed E-state index contributed by atoms with van der Waals surface area (Å²) in [6, 6.07) is 12.9. The van der Waals surface area contributed by atoms with Crippen LogP contribution in [-0.2, 0) is 9.59 Å². The number of hydrogen-bond acceptors (Lipinski definition) is 4. The molecule has 2 aromatic carbocycles. The van der Waals surface area contributed by atoms with E-state index in [-0.39, 0.29) is 16.2 Å². The van der Waals surface area contributed by atoms with Crippen LogP contribution >= 0.6 is 23.8 Å². The lowest BCUT2D eigenvalue weighted by Crippen LogP contribution is -2.54. The number of rotatable bonds is 2. The summed E-state index contributed by atoms with van der Waals surface area (Å²) in [5, 5.41) is 3.13. The first-order chi connectivity index (χ1) is 14.6. The Morgan fingerprint density at radius 3 is 2.65 bits per heavy atom. The first-order valence-corrected chi connectivity index (χ1v) is 10.9. The van der Waals surface area contributed by atoms with Crippen LogP contribution in [0, 0.1) is 0 Å². The zero-order valence-corrected chi connectivity index (χ0v) is 19.5. The Labute approximate surface area is 192 Å². The maximum Gasteiger partial charge on any atom is 0.270 e. The van der Waals surface area contributed by atoms with E-state index in [1.54, 1.807) is 30.3 Å². The van der Waals surface area contributed by atoms with Crippen LogP contribution in [0.4, 0.5) is 11.4 Å². The Morgan fingerprint density at radius 2 is 1.94 bits per heavy atom. The highest BCUT2D eigenvalue weighted by Crippen LogP contribution is 2.42. The van der Waals surface area contributed by atoms with E-state index in [9.17, 15) is 9.59 Å². The molecule has 1 saturated heterocycles. The fourth-order valence-electron chi connectivity index (χ4n) is 4.36. The minimum atomic E-state index is -0.503. The van der Waals surface area contributed by atoms with E-state index in [2.05, 4.69) is 50.2 Å². The summed E-state index contributed by atoms with van der Waals surface area (Å²) in [7, 11) is 2.10. The highest BCUT2D eigenvalue weighted by atomic mass is 35.5. The highest BCUT2D eigenvalue weighted by Gasteiger charge is 2.36. The van der Waals surface area contributed by atoms with Crippen molar-refractivity contribution in [3.63, 3.8) is 0 Å². The fraction of sp³-hybridized carbons (Fsp3) is 0.292. The zero-order chi connectivity index (χ0) is 22.5. The average molecular weight is 454 g/mol. The molecule has 7 heteroatoms. The van der Waals surface area contributed by atoms with Crippen molar-refractivity contribution in [1.82, 2.24) is 5.32 Å². The van der Waals surface area contributed by atoms with Crippen LogP contribution in [0.25, 0.3) is 6.08 Å². The summed E-state index contributed by atoms with van der Waals surface area (Å²) in [5.41, 5.74) is 3.80. The van der Waals surface area contributed by atoms with Gasteiger partial charge < -0.3 is 4.90 Å². The number of halogens is 1. The molecule has 1 atom stereocenters. The quantitative estimate of drug-likeness (QED) is 0.399. The zero-order valence-electron chi connectivity index (χ0n) is 17.9. The molecule has 31 heavy (non-hydrogen) atoms. The average Bonchev–Trinajstić information content (AvgIpc) is 2.69. The maximum atomic E-state index is 13.2. The molecule has 0 bridgehead atoms. The molecule has 2 aliphatic heterocycles. The van der Waals surface area contributed by atoms with Gasteiger partial charge in [0, 0.05) is 23.3 Å². The van der Waals surface area contributed by atoms with Crippen LogP contribution in [0.1, 0.15) is 44.2 Å². The topological polar surface area (TPSA) is 52.7 Å². The van der Waals surface area contributed by atoms with E-state index in [1.165, 1.54) is 16.2 Å². The van der Waals surface area contributed by atoms with Crippen molar-refractivity contribution in [1.29, 1.82) is 0 Å². The molecule has 1 fully saturated rings. The number of amides is 2. The third kappa shape index (κ3) is 3.86. The van der Waals surface area contributed by atoms with Gasteiger partial charge in [0.25, 0.3) is 11.8 Å². The molecule has 0 radical (unpaired) electrons. The lowest BCUT2D eigenvalue weighted by atomic mass is 9.80. The Balaban J connectivity index is 1.73. The molecule has 2 aliphatic rings. The standard InChI is InChI=1S/C24H24ClN3O2S/c1-14-13-24(2,3)27(4)20-9-8-15(10-18(14)20)11-19-21(29)26-23(31)28(22(19)30)17-7-5-6-16(25)12-17/h5-12,14H,13H2,1-4H3,(H,26,29,31)/b19-11+. The second-order valence-electron chi connectivity index (χ2n) is 8.73. The number of carbonyl (C=O) groups is 2. The van der Waals surface area contributed by atoms with E-state index in [0.29, 0.717) is 16.6 Å². The molecule has 0 aromatic heterocycles. The minimum absolute atomic E-state index is 0.0330. The van der Waals surface area contributed by atoms with Crippen molar-refractivity contribution in [3.8, 4) is 0 Å². The lowest BCUT2D eigenvalue weighted by molar-refractivity contribution is -0.122. The van der Waals surface area contributed by atoms with E-state index in [1.807, 2.05) is 6.07 Å². The predicted molar refractivity (Wildman–Crippen MR) is 130 cm³/mol. The first kappa shape index (κ1) is 21.5. The Bertz CT molecular complexity index is 1140. The number of nitrogens with zero attached hydrogens (tertiary/aromatic N) is 2. The number of thiocarbonyl (C=S) groups is 1. The van der Waals surface area contributed by atoms with E-state index in [0.717, 1.165) is 12.0 Å². The molecule has 4 rings (SSSR count). The van der Waals surface area contributed by atoms with Crippen molar-refractivity contribution in [3.05, 3.63) is 64.2 Å². The summed E-state index contributed by atoms with van der Waals surface area (Å²) in [5.74, 6) is -0.608. The summed E-state index contributed by atoms with van der Waals surface area (Å²) in [6.45, 7) is 6.68. The summed E-state index contributed by atoms with van der Waals surface area (Å²) in [4.78, 5) is 29.4. The second kappa shape index (κ2) is 7.77. The molecule has 160 valence electrons. The van der Waals surface area contributed by atoms with Gasteiger partial charge in [0.15, 0.2) is 5.11 Å². The Hall–Kier alpha value is -2.70. The van der Waals surface area contributed by atoms with Gasteiger partial charge in [0.1, 0.15) is 5.57 Å². The third-order valence-corrected chi connectivity index (χ3v) is 6.66. The van der Waals surface area contributed by atoms with Crippen molar-refractivity contribution in [2.24, 2.45) is 0 Å².